The zero-order valence-corrected chi connectivity index (χ0v) is 6.96. The van der Waals surface area contributed by atoms with Crippen molar-refractivity contribution in [3.63, 3.8) is 0 Å². The molecule has 0 N–H and O–H groups in total. The van der Waals surface area contributed by atoms with Crippen LogP contribution in [0.2, 0.25) is 0 Å². The predicted molar refractivity (Wildman–Crippen MR) is 38.8 cm³/mol. The van der Waals surface area contributed by atoms with Crippen molar-refractivity contribution >= 4 is 5.97 Å². The van der Waals surface area contributed by atoms with Crippen LogP contribution in [0.1, 0.15) is 19.8 Å². The van der Waals surface area contributed by atoms with E-state index in [1.807, 2.05) is 6.92 Å². The summed E-state index contributed by atoms with van der Waals surface area (Å²) in [6.45, 7) is 2.67. The van der Waals surface area contributed by atoms with Crippen LogP contribution in [-0.2, 0) is 19.3 Å². The summed E-state index contributed by atoms with van der Waals surface area (Å²) in [7, 11) is 1.40. The van der Waals surface area contributed by atoms with Gasteiger partial charge in [0.1, 0.15) is 0 Å². The minimum Gasteiger partial charge on any atom is -0.466 e. The van der Waals surface area contributed by atoms with Crippen LogP contribution in [0.5, 0.6) is 0 Å². The van der Waals surface area contributed by atoms with Gasteiger partial charge >= 0.3 is 5.97 Å². The van der Waals surface area contributed by atoms with E-state index >= 15 is 0 Å². The second-order valence-electron chi connectivity index (χ2n) is 1.96. The molecule has 66 valence electrons. The van der Waals surface area contributed by atoms with Gasteiger partial charge in [0.2, 0.25) is 0 Å². The summed E-state index contributed by atoms with van der Waals surface area (Å²) in [6, 6.07) is 0. The van der Waals surface area contributed by atoms with E-state index in [4.69, 9.17) is 4.74 Å². The molecule has 0 rings (SSSR count). The predicted octanol–water partition coefficient (Wildman–Crippen LogP) is 0.908. The Morgan fingerprint density at radius 2 is 2.09 bits per heavy atom. The molecule has 0 radical (unpaired) electrons. The summed E-state index contributed by atoms with van der Waals surface area (Å²) in [4.78, 5) is 19.5. The normalized spacial score (nSPS) is 9.64. The highest BCUT2D eigenvalue weighted by Gasteiger charge is 2.00. The number of ether oxygens (including phenoxy) is 1. The van der Waals surface area contributed by atoms with Crippen LogP contribution in [0, 0.1) is 0 Å². The molecular weight excluding hydrogens is 148 g/mol. The number of carbonyl (C=O) groups is 1. The van der Waals surface area contributed by atoms with Crippen molar-refractivity contribution < 1.29 is 19.3 Å². The van der Waals surface area contributed by atoms with Gasteiger partial charge in [0.25, 0.3) is 0 Å². The van der Waals surface area contributed by atoms with Crippen molar-refractivity contribution in [1.29, 1.82) is 0 Å². The zero-order valence-electron chi connectivity index (χ0n) is 6.96. The van der Waals surface area contributed by atoms with Crippen LogP contribution in [-0.4, -0.2) is 26.3 Å². The van der Waals surface area contributed by atoms with E-state index < -0.39 is 0 Å². The Bertz CT molecular complexity index is 103. The van der Waals surface area contributed by atoms with Crippen LogP contribution >= 0.6 is 0 Å². The quantitative estimate of drug-likeness (QED) is 0.252. The lowest BCUT2D eigenvalue weighted by molar-refractivity contribution is -0.272. The Hall–Kier alpha value is -0.610. The molecule has 0 unspecified atom stereocenters. The van der Waals surface area contributed by atoms with Gasteiger partial charge in [0.15, 0.2) is 0 Å². The molecule has 0 saturated heterocycles. The highest BCUT2D eigenvalue weighted by atomic mass is 17.2. The fourth-order valence-electron chi connectivity index (χ4n) is 0.496. The topological polar surface area (TPSA) is 44.8 Å². The van der Waals surface area contributed by atoms with E-state index in [2.05, 4.69) is 9.78 Å². The number of rotatable bonds is 6. The summed E-state index contributed by atoms with van der Waals surface area (Å²) in [5, 5.41) is 0. The van der Waals surface area contributed by atoms with E-state index in [1.165, 1.54) is 7.11 Å². The molecule has 11 heavy (non-hydrogen) atoms. The average Bonchev–Trinajstić information content (AvgIpc) is 2.01. The van der Waals surface area contributed by atoms with Gasteiger partial charge in [-0.25, -0.2) is 9.78 Å². The highest BCUT2D eigenvalue weighted by Crippen LogP contribution is 1.89. The van der Waals surface area contributed by atoms with Crippen molar-refractivity contribution in [3.05, 3.63) is 0 Å². The van der Waals surface area contributed by atoms with E-state index in [0.29, 0.717) is 6.61 Å². The van der Waals surface area contributed by atoms with Crippen molar-refractivity contribution in [1.82, 2.24) is 0 Å². The van der Waals surface area contributed by atoms with Gasteiger partial charge in [0, 0.05) is 0 Å². The van der Waals surface area contributed by atoms with Crippen molar-refractivity contribution in [2.45, 2.75) is 19.8 Å². The Balaban J connectivity index is 3.09. The first-order chi connectivity index (χ1) is 5.31. The minimum absolute atomic E-state index is 0.244. The zero-order chi connectivity index (χ0) is 8.53. The molecule has 0 atom stereocenters. The Labute approximate surface area is 66.4 Å². The van der Waals surface area contributed by atoms with Crippen molar-refractivity contribution in [3.8, 4) is 0 Å². The van der Waals surface area contributed by atoms with E-state index in [0.717, 1.165) is 6.42 Å². The molecule has 0 bridgehead atoms. The molecule has 4 nitrogen and oxygen atoms in total. The first kappa shape index (κ1) is 10.4. The molecule has 0 aliphatic rings. The monoisotopic (exact) mass is 162 g/mol. The third-order valence-electron chi connectivity index (χ3n) is 0.975. The molecule has 0 aliphatic heterocycles. The Morgan fingerprint density at radius 1 is 1.36 bits per heavy atom. The molecular formula is C7H14O4. The second-order valence-corrected chi connectivity index (χ2v) is 1.96. The molecule has 4 heteroatoms. The standard InChI is InChI=1S/C7H14O4/c1-3-5-10-7(8)4-6-11-9-2/h3-6H2,1-2H3. The summed E-state index contributed by atoms with van der Waals surface area (Å²) >= 11 is 0. The maximum Gasteiger partial charge on any atom is 0.308 e. The van der Waals surface area contributed by atoms with Gasteiger partial charge in [-0.1, -0.05) is 6.92 Å². The third kappa shape index (κ3) is 7.29. The molecule has 0 fully saturated rings. The van der Waals surface area contributed by atoms with E-state index in [9.17, 15) is 4.79 Å². The third-order valence-corrected chi connectivity index (χ3v) is 0.975. The highest BCUT2D eigenvalue weighted by molar-refractivity contribution is 5.69. The smallest absolute Gasteiger partial charge is 0.308 e. The van der Waals surface area contributed by atoms with Crippen LogP contribution < -0.4 is 0 Å². The molecule has 0 heterocycles. The van der Waals surface area contributed by atoms with E-state index in [1.54, 1.807) is 0 Å². The van der Waals surface area contributed by atoms with Gasteiger partial charge in [-0.15, -0.1) is 0 Å². The summed E-state index contributed by atoms with van der Waals surface area (Å²) < 4.78 is 4.76. The lowest BCUT2D eigenvalue weighted by Crippen LogP contribution is -2.08. The van der Waals surface area contributed by atoms with Gasteiger partial charge in [-0.05, 0) is 6.42 Å². The molecule has 0 spiro atoms. The summed E-state index contributed by atoms with van der Waals surface area (Å²) in [5.74, 6) is -0.246. The number of esters is 1. The molecule has 0 aliphatic carbocycles. The molecule has 0 aromatic heterocycles. The summed E-state index contributed by atoms with van der Waals surface area (Å²) in [5.41, 5.74) is 0. The van der Waals surface area contributed by atoms with Crippen LogP contribution in [0.15, 0.2) is 0 Å². The van der Waals surface area contributed by atoms with Crippen LogP contribution in [0.4, 0.5) is 0 Å². The number of hydrogen-bond acceptors (Lipinski definition) is 4. The van der Waals surface area contributed by atoms with Crippen LogP contribution in [0.25, 0.3) is 0 Å². The van der Waals surface area contributed by atoms with Gasteiger partial charge in [-0.2, -0.15) is 0 Å². The maximum absolute atomic E-state index is 10.7. The summed E-state index contributed by atoms with van der Waals surface area (Å²) in [6.07, 6.45) is 1.09. The molecule has 0 aromatic rings. The fraction of sp³-hybridized carbons (Fsp3) is 0.857. The molecule has 0 saturated carbocycles. The number of carbonyl (C=O) groups excluding carboxylic acids is 1. The van der Waals surface area contributed by atoms with Crippen molar-refractivity contribution in [2.75, 3.05) is 20.3 Å². The Morgan fingerprint density at radius 3 is 2.64 bits per heavy atom. The SMILES string of the molecule is CCCOC(=O)CCOOC. The van der Waals surface area contributed by atoms with Gasteiger partial charge in [-0.3, -0.25) is 4.79 Å². The lowest BCUT2D eigenvalue weighted by atomic mass is 10.4. The maximum atomic E-state index is 10.7. The number of hydrogen-bond donors (Lipinski definition) is 0. The molecule has 0 amide bonds. The van der Waals surface area contributed by atoms with Crippen LogP contribution in [0.3, 0.4) is 0 Å². The van der Waals surface area contributed by atoms with Gasteiger partial charge in [0.05, 0.1) is 26.7 Å². The second kappa shape index (κ2) is 7.50. The minimum atomic E-state index is -0.246. The van der Waals surface area contributed by atoms with E-state index in [-0.39, 0.29) is 19.0 Å². The van der Waals surface area contributed by atoms with Crippen molar-refractivity contribution in [2.24, 2.45) is 0 Å². The first-order valence-corrected chi connectivity index (χ1v) is 3.62. The Kier molecular flexibility index (Phi) is 7.08. The van der Waals surface area contributed by atoms with Gasteiger partial charge < -0.3 is 4.74 Å². The fourth-order valence-corrected chi connectivity index (χ4v) is 0.496. The lowest BCUT2D eigenvalue weighted by Gasteiger charge is -2.01. The molecule has 0 aromatic carbocycles. The first-order valence-electron chi connectivity index (χ1n) is 3.62. The largest absolute Gasteiger partial charge is 0.466 e. The average molecular weight is 162 g/mol.